The normalized spacial score (nSPS) is 11.6. The van der Waals surface area contributed by atoms with E-state index in [-0.39, 0.29) is 10.5 Å². The highest BCUT2D eigenvalue weighted by Crippen LogP contribution is 2.28. The van der Waals surface area contributed by atoms with Gasteiger partial charge in [-0.2, -0.15) is 0 Å². The Balaban J connectivity index is 2.42. The highest BCUT2D eigenvalue weighted by atomic mass is 79.9. The quantitative estimate of drug-likeness (QED) is 0.551. The van der Waals surface area contributed by atoms with Crippen molar-refractivity contribution in [3.8, 4) is 5.75 Å². The molecule has 0 aliphatic carbocycles. The first-order chi connectivity index (χ1) is 11.5. The number of aryl methyl sites for hydroxylation is 3. The second-order valence-electron chi connectivity index (χ2n) is 6.05. The number of carbonyl (C=O) groups is 1. The van der Waals surface area contributed by atoms with Crippen molar-refractivity contribution in [2.24, 2.45) is 0 Å². The van der Waals surface area contributed by atoms with E-state index in [1.54, 1.807) is 0 Å². The fraction of sp³-hybridized carbons (Fsp3) is 0.278. The molecule has 7 heteroatoms. The van der Waals surface area contributed by atoms with E-state index in [2.05, 4.69) is 15.9 Å². The molecule has 0 aliphatic rings. The van der Waals surface area contributed by atoms with Gasteiger partial charge in [0.2, 0.25) is 10.0 Å². The number of esters is 1. The van der Waals surface area contributed by atoms with Gasteiger partial charge >= 0.3 is 5.97 Å². The first-order valence-electron chi connectivity index (χ1n) is 7.56. The molecule has 0 saturated heterocycles. The average Bonchev–Trinajstić information content (AvgIpc) is 2.50. The molecule has 0 unspecified atom stereocenters. The van der Waals surface area contributed by atoms with E-state index < -0.39 is 16.0 Å². The maximum absolute atomic E-state index is 12.5. The molecule has 5 nitrogen and oxygen atoms in total. The Kier molecular flexibility index (Phi) is 5.71. The number of ether oxygens (including phenoxy) is 1. The van der Waals surface area contributed by atoms with Crippen molar-refractivity contribution in [3.63, 3.8) is 0 Å². The van der Waals surface area contributed by atoms with Crippen LogP contribution in [0.1, 0.15) is 27.0 Å². The number of nitrogens with zero attached hydrogens (tertiary/aromatic N) is 1. The van der Waals surface area contributed by atoms with Gasteiger partial charge < -0.3 is 4.74 Å². The molecule has 2 aromatic carbocycles. The number of benzene rings is 2. The van der Waals surface area contributed by atoms with Gasteiger partial charge in [0, 0.05) is 18.6 Å². The SMILES string of the molecule is Cc1cc(C)c(OC(=O)c2ccc(Br)c(S(=O)(=O)N(C)C)c2)c(C)c1. The van der Waals surface area contributed by atoms with Gasteiger partial charge in [0.15, 0.2) is 0 Å². The monoisotopic (exact) mass is 425 g/mol. The minimum atomic E-state index is -3.68. The van der Waals surface area contributed by atoms with Crippen molar-refractivity contribution >= 4 is 31.9 Å². The highest BCUT2D eigenvalue weighted by Gasteiger charge is 2.23. The number of carbonyl (C=O) groups excluding carboxylic acids is 1. The summed E-state index contributed by atoms with van der Waals surface area (Å²) in [6, 6.07) is 8.24. The lowest BCUT2D eigenvalue weighted by Crippen LogP contribution is -2.23. The number of rotatable bonds is 4. The fourth-order valence-corrected chi connectivity index (χ4v) is 4.35. The van der Waals surface area contributed by atoms with Gasteiger partial charge in [-0.3, -0.25) is 0 Å². The zero-order chi connectivity index (χ0) is 18.9. The van der Waals surface area contributed by atoms with Crippen LogP contribution in [0.15, 0.2) is 39.7 Å². The third-order valence-electron chi connectivity index (χ3n) is 3.72. The maximum Gasteiger partial charge on any atom is 0.343 e. The largest absolute Gasteiger partial charge is 0.422 e. The summed E-state index contributed by atoms with van der Waals surface area (Å²) >= 11 is 3.22. The molecule has 0 fully saturated rings. The van der Waals surface area contributed by atoms with Crippen molar-refractivity contribution in [2.45, 2.75) is 25.7 Å². The Morgan fingerprint density at radius 3 is 2.12 bits per heavy atom. The fourth-order valence-electron chi connectivity index (χ4n) is 2.50. The Bertz CT molecular complexity index is 913. The first-order valence-corrected chi connectivity index (χ1v) is 9.79. The van der Waals surface area contributed by atoms with Gasteiger partial charge in [0.05, 0.1) is 10.5 Å². The Morgan fingerprint density at radius 2 is 1.60 bits per heavy atom. The van der Waals surface area contributed by atoms with Crippen LogP contribution >= 0.6 is 15.9 Å². The van der Waals surface area contributed by atoms with Crippen molar-refractivity contribution in [3.05, 3.63) is 57.1 Å². The van der Waals surface area contributed by atoms with E-state index >= 15 is 0 Å². The first kappa shape index (κ1) is 19.6. The molecular weight excluding hydrogens is 406 g/mol. The molecule has 0 atom stereocenters. The third-order valence-corrected chi connectivity index (χ3v) is 6.53. The predicted molar refractivity (Wildman–Crippen MR) is 101 cm³/mol. The van der Waals surface area contributed by atoms with Crippen LogP contribution in [0, 0.1) is 20.8 Å². The summed E-state index contributed by atoms with van der Waals surface area (Å²) in [4.78, 5) is 12.5. The number of sulfonamides is 1. The molecule has 0 aliphatic heterocycles. The van der Waals surface area contributed by atoms with Gasteiger partial charge in [-0.25, -0.2) is 17.5 Å². The van der Waals surface area contributed by atoms with Crippen molar-refractivity contribution in [1.82, 2.24) is 4.31 Å². The lowest BCUT2D eigenvalue weighted by Gasteiger charge is -2.15. The van der Waals surface area contributed by atoms with Gasteiger partial charge in [-0.15, -0.1) is 0 Å². The molecule has 0 bridgehead atoms. The summed E-state index contributed by atoms with van der Waals surface area (Å²) in [6.45, 7) is 5.71. The van der Waals surface area contributed by atoms with Crippen LogP contribution in [0.25, 0.3) is 0 Å². The van der Waals surface area contributed by atoms with Crippen molar-refractivity contribution in [1.29, 1.82) is 0 Å². The zero-order valence-corrected chi connectivity index (χ0v) is 17.2. The molecular formula is C18H20BrNO4S. The van der Waals surface area contributed by atoms with Crippen LogP contribution in [0.5, 0.6) is 5.75 Å². The minimum absolute atomic E-state index is 0.0179. The molecule has 0 amide bonds. The Labute approximate surface area is 156 Å². The summed E-state index contributed by atoms with van der Waals surface area (Å²) in [6.07, 6.45) is 0. The second kappa shape index (κ2) is 7.27. The smallest absolute Gasteiger partial charge is 0.343 e. The van der Waals surface area contributed by atoms with Crippen LogP contribution in [0.2, 0.25) is 0 Å². The molecule has 0 spiro atoms. The number of hydrogen-bond donors (Lipinski definition) is 0. The van der Waals surface area contributed by atoms with Crippen molar-refractivity contribution in [2.75, 3.05) is 14.1 Å². The molecule has 0 saturated carbocycles. The Morgan fingerprint density at radius 1 is 1.04 bits per heavy atom. The molecule has 0 radical (unpaired) electrons. The third kappa shape index (κ3) is 4.11. The summed E-state index contributed by atoms with van der Waals surface area (Å²) in [5.41, 5.74) is 2.95. The van der Waals surface area contributed by atoms with Crippen LogP contribution in [-0.2, 0) is 10.0 Å². The lowest BCUT2D eigenvalue weighted by molar-refractivity contribution is 0.0732. The summed E-state index contributed by atoms with van der Waals surface area (Å²) in [7, 11) is -0.807. The molecule has 2 rings (SSSR count). The van der Waals surface area contributed by atoms with Gasteiger partial charge in [0.25, 0.3) is 0 Å². The predicted octanol–water partition coefficient (Wildman–Crippen LogP) is 3.84. The zero-order valence-electron chi connectivity index (χ0n) is 14.8. The minimum Gasteiger partial charge on any atom is -0.422 e. The van der Waals surface area contributed by atoms with Crippen LogP contribution in [0.3, 0.4) is 0 Å². The van der Waals surface area contributed by atoms with E-state index in [0.29, 0.717) is 10.2 Å². The molecule has 25 heavy (non-hydrogen) atoms. The molecule has 134 valence electrons. The molecule has 0 heterocycles. The van der Waals surface area contributed by atoms with E-state index in [4.69, 9.17) is 4.74 Å². The van der Waals surface area contributed by atoms with Gasteiger partial charge in [-0.05, 0) is 66.0 Å². The second-order valence-corrected chi connectivity index (χ2v) is 9.02. The summed E-state index contributed by atoms with van der Waals surface area (Å²) in [5, 5.41) is 0. The number of halogens is 1. The molecule has 2 aromatic rings. The van der Waals surface area contributed by atoms with Crippen LogP contribution in [0.4, 0.5) is 0 Å². The van der Waals surface area contributed by atoms with Gasteiger partial charge in [-0.1, -0.05) is 17.7 Å². The standard InChI is InChI=1S/C18H20BrNO4S/c1-11-8-12(2)17(13(3)9-11)24-18(21)14-6-7-15(19)16(10-14)25(22,23)20(4)5/h6-10H,1-5H3. The molecule has 0 N–H and O–H groups in total. The topological polar surface area (TPSA) is 63.7 Å². The average molecular weight is 426 g/mol. The summed E-state index contributed by atoms with van der Waals surface area (Å²) in [5.74, 6) is -0.103. The molecule has 0 aromatic heterocycles. The van der Waals surface area contributed by atoms with Crippen LogP contribution < -0.4 is 4.74 Å². The maximum atomic E-state index is 12.5. The van der Waals surface area contributed by atoms with E-state index in [1.165, 1.54) is 32.3 Å². The van der Waals surface area contributed by atoms with Gasteiger partial charge in [0.1, 0.15) is 5.75 Å². The lowest BCUT2D eigenvalue weighted by atomic mass is 10.1. The Hall–Kier alpha value is -1.70. The highest BCUT2D eigenvalue weighted by molar-refractivity contribution is 9.10. The van der Waals surface area contributed by atoms with E-state index in [0.717, 1.165) is 21.0 Å². The number of hydrogen-bond acceptors (Lipinski definition) is 4. The van der Waals surface area contributed by atoms with E-state index in [1.807, 2.05) is 32.9 Å². The van der Waals surface area contributed by atoms with Crippen molar-refractivity contribution < 1.29 is 17.9 Å². The van der Waals surface area contributed by atoms with Crippen LogP contribution in [-0.4, -0.2) is 32.8 Å². The van der Waals surface area contributed by atoms with E-state index in [9.17, 15) is 13.2 Å². The summed E-state index contributed by atoms with van der Waals surface area (Å²) < 4.78 is 31.8.